The molecule has 0 atom stereocenters. The molecule has 2 aliphatic rings. The number of rotatable bonds is 2. The largest absolute Gasteiger partial charge is 0.486 e. The average molecular weight is 262 g/mol. The number of para-hydroxylation sites is 1. The van der Waals surface area contributed by atoms with E-state index in [9.17, 15) is 4.79 Å². The molecular weight excluding hydrogens is 244 g/mol. The summed E-state index contributed by atoms with van der Waals surface area (Å²) in [6, 6.07) is 5.64. The molecule has 0 saturated heterocycles. The van der Waals surface area contributed by atoms with Gasteiger partial charge < -0.3 is 20.1 Å². The minimum absolute atomic E-state index is 0.172. The standard InChI is InChI=1S/C14H18N2O3/c17-14(15-10-4-1-2-5-10)16-11-6-3-7-12-13(11)19-9-8-18-12/h3,6-7,10H,1-2,4-5,8-9H2,(H2,15,16,17). The number of ether oxygens (including phenoxy) is 2. The summed E-state index contributed by atoms with van der Waals surface area (Å²) in [7, 11) is 0. The lowest BCUT2D eigenvalue weighted by Crippen LogP contribution is -2.36. The molecule has 1 heterocycles. The molecule has 1 aromatic carbocycles. The normalized spacial score (nSPS) is 18.1. The molecule has 3 rings (SSSR count). The minimum atomic E-state index is -0.172. The van der Waals surface area contributed by atoms with E-state index in [0.29, 0.717) is 36.4 Å². The Morgan fingerprint density at radius 3 is 2.79 bits per heavy atom. The Labute approximate surface area is 112 Å². The third-order valence-electron chi connectivity index (χ3n) is 3.50. The van der Waals surface area contributed by atoms with Gasteiger partial charge in [-0.1, -0.05) is 18.9 Å². The SMILES string of the molecule is O=C(Nc1cccc2c1OCCO2)NC1CCCC1. The van der Waals surface area contributed by atoms with Crippen molar-refractivity contribution in [2.24, 2.45) is 0 Å². The Bertz CT molecular complexity index is 470. The molecule has 0 spiro atoms. The predicted octanol–water partition coefficient (Wildman–Crippen LogP) is 2.52. The van der Waals surface area contributed by atoms with Crippen LogP contribution in [0.5, 0.6) is 11.5 Å². The molecule has 2 amide bonds. The molecule has 0 radical (unpaired) electrons. The molecular formula is C14H18N2O3. The van der Waals surface area contributed by atoms with Crippen molar-refractivity contribution in [1.82, 2.24) is 5.32 Å². The number of fused-ring (bicyclic) bond motifs is 1. The Morgan fingerprint density at radius 1 is 1.16 bits per heavy atom. The number of anilines is 1. The van der Waals surface area contributed by atoms with Gasteiger partial charge in [0.05, 0.1) is 5.69 Å². The number of carbonyl (C=O) groups excluding carboxylic acids is 1. The number of hydrogen-bond acceptors (Lipinski definition) is 3. The lowest BCUT2D eigenvalue weighted by atomic mass is 10.2. The molecule has 1 aromatic rings. The molecule has 1 aliphatic carbocycles. The second-order valence-corrected chi connectivity index (χ2v) is 4.91. The number of amides is 2. The maximum atomic E-state index is 11.9. The van der Waals surface area contributed by atoms with E-state index in [2.05, 4.69) is 10.6 Å². The first-order valence-electron chi connectivity index (χ1n) is 6.79. The summed E-state index contributed by atoms with van der Waals surface area (Å²) in [4.78, 5) is 11.9. The molecule has 5 nitrogen and oxygen atoms in total. The van der Waals surface area contributed by atoms with Crippen molar-refractivity contribution in [3.63, 3.8) is 0 Å². The van der Waals surface area contributed by atoms with Crippen molar-refractivity contribution in [3.05, 3.63) is 18.2 Å². The maximum absolute atomic E-state index is 11.9. The lowest BCUT2D eigenvalue weighted by molar-refractivity contribution is 0.172. The highest BCUT2D eigenvalue weighted by Crippen LogP contribution is 2.37. The van der Waals surface area contributed by atoms with Crippen LogP contribution in [-0.4, -0.2) is 25.3 Å². The van der Waals surface area contributed by atoms with Crippen molar-refractivity contribution in [1.29, 1.82) is 0 Å². The zero-order chi connectivity index (χ0) is 13.1. The zero-order valence-electron chi connectivity index (χ0n) is 10.8. The van der Waals surface area contributed by atoms with Gasteiger partial charge in [-0.05, 0) is 25.0 Å². The van der Waals surface area contributed by atoms with Crippen molar-refractivity contribution >= 4 is 11.7 Å². The highest BCUT2D eigenvalue weighted by molar-refractivity contribution is 5.91. The molecule has 5 heteroatoms. The van der Waals surface area contributed by atoms with E-state index < -0.39 is 0 Å². The van der Waals surface area contributed by atoms with Crippen LogP contribution in [0, 0.1) is 0 Å². The van der Waals surface area contributed by atoms with E-state index in [4.69, 9.17) is 9.47 Å². The number of benzene rings is 1. The number of urea groups is 1. The van der Waals surface area contributed by atoms with E-state index >= 15 is 0 Å². The van der Waals surface area contributed by atoms with Crippen LogP contribution in [0.25, 0.3) is 0 Å². The maximum Gasteiger partial charge on any atom is 0.319 e. The van der Waals surface area contributed by atoms with E-state index in [1.165, 1.54) is 12.8 Å². The van der Waals surface area contributed by atoms with Crippen LogP contribution in [0.2, 0.25) is 0 Å². The van der Waals surface area contributed by atoms with E-state index in [1.54, 1.807) is 0 Å². The van der Waals surface area contributed by atoms with Gasteiger partial charge in [-0.2, -0.15) is 0 Å². The van der Waals surface area contributed by atoms with Crippen LogP contribution in [0.4, 0.5) is 10.5 Å². The summed E-state index contributed by atoms with van der Waals surface area (Å²) in [5, 5.41) is 5.83. The van der Waals surface area contributed by atoms with Gasteiger partial charge in [0.1, 0.15) is 13.2 Å². The van der Waals surface area contributed by atoms with Crippen LogP contribution < -0.4 is 20.1 Å². The summed E-state index contributed by atoms with van der Waals surface area (Å²) in [5.41, 5.74) is 0.660. The van der Waals surface area contributed by atoms with Gasteiger partial charge in [0.15, 0.2) is 11.5 Å². The topological polar surface area (TPSA) is 59.6 Å². The molecule has 0 aromatic heterocycles. The molecule has 19 heavy (non-hydrogen) atoms. The molecule has 1 fully saturated rings. The fraction of sp³-hybridized carbons (Fsp3) is 0.500. The van der Waals surface area contributed by atoms with Crippen molar-refractivity contribution in [3.8, 4) is 11.5 Å². The summed E-state index contributed by atoms with van der Waals surface area (Å²) < 4.78 is 11.0. The molecule has 2 N–H and O–H groups in total. The Hall–Kier alpha value is -1.91. The first kappa shape index (κ1) is 12.1. The Morgan fingerprint density at radius 2 is 1.95 bits per heavy atom. The van der Waals surface area contributed by atoms with Crippen molar-refractivity contribution in [2.75, 3.05) is 18.5 Å². The summed E-state index contributed by atoms with van der Waals surface area (Å²) in [5.74, 6) is 1.31. The third-order valence-corrected chi connectivity index (χ3v) is 3.50. The number of hydrogen-bond donors (Lipinski definition) is 2. The molecule has 0 unspecified atom stereocenters. The Kier molecular flexibility index (Phi) is 3.44. The molecule has 1 saturated carbocycles. The van der Waals surface area contributed by atoms with Gasteiger partial charge in [-0.3, -0.25) is 0 Å². The third kappa shape index (κ3) is 2.75. The smallest absolute Gasteiger partial charge is 0.319 e. The monoisotopic (exact) mass is 262 g/mol. The van der Waals surface area contributed by atoms with Gasteiger partial charge in [-0.25, -0.2) is 4.79 Å². The fourth-order valence-corrected chi connectivity index (χ4v) is 2.59. The second-order valence-electron chi connectivity index (χ2n) is 4.91. The van der Waals surface area contributed by atoms with Crippen LogP contribution >= 0.6 is 0 Å². The first-order valence-corrected chi connectivity index (χ1v) is 6.79. The van der Waals surface area contributed by atoms with Crippen LogP contribution in [0.3, 0.4) is 0 Å². The first-order chi connectivity index (χ1) is 9.33. The van der Waals surface area contributed by atoms with Gasteiger partial charge in [0.2, 0.25) is 0 Å². The van der Waals surface area contributed by atoms with E-state index in [1.807, 2.05) is 18.2 Å². The van der Waals surface area contributed by atoms with Gasteiger partial charge in [0.25, 0.3) is 0 Å². The van der Waals surface area contributed by atoms with Crippen molar-refractivity contribution < 1.29 is 14.3 Å². The summed E-state index contributed by atoms with van der Waals surface area (Å²) in [6.07, 6.45) is 4.53. The zero-order valence-corrected chi connectivity index (χ0v) is 10.8. The fourth-order valence-electron chi connectivity index (χ4n) is 2.59. The average Bonchev–Trinajstić information content (AvgIpc) is 2.92. The Balaban J connectivity index is 1.67. The highest BCUT2D eigenvalue weighted by atomic mass is 16.6. The quantitative estimate of drug-likeness (QED) is 0.861. The molecule has 102 valence electrons. The summed E-state index contributed by atoms with van der Waals surface area (Å²) >= 11 is 0. The minimum Gasteiger partial charge on any atom is -0.486 e. The predicted molar refractivity (Wildman–Crippen MR) is 71.8 cm³/mol. The summed E-state index contributed by atoms with van der Waals surface area (Å²) in [6.45, 7) is 1.06. The van der Waals surface area contributed by atoms with Gasteiger partial charge in [-0.15, -0.1) is 0 Å². The van der Waals surface area contributed by atoms with E-state index in [0.717, 1.165) is 12.8 Å². The molecule has 1 aliphatic heterocycles. The van der Waals surface area contributed by atoms with Crippen LogP contribution in [0.15, 0.2) is 18.2 Å². The second kappa shape index (κ2) is 5.38. The van der Waals surface area contributed by atoms with E-state index in [-0.39, 0.29) is 6.03 Å². The van der Waals surface area contributed by atoms with Gasteiger partial charge >= 0.3 is 6.03 Å². The van der Waals surface area contributed by atoms with Gasteiger partial charge in [0, 0.05) is 6.04 Å². The number of nitrogens with one attached hydrogen (secondary N) is 2. The molecule has 0 bridgehead atoms. The number of carbonyl (C=O) groups is 1. The van der Waals surface area contributed by atoms with Crippen molar-refractivity contribution in [2.45, 2.75) is 31.7 Å². The lowest BCUT2D eigenvalue weighted by Gasteiger charge is -2.21. The highest BCUT2D eigenvalue weighted by Gasteiger charge is 2.20. The van der Waals surface area contributed by atoms with Crippen LogP contribution in [-0.2, 0) is 0 Å². The van der Waals surface area contributed by atoms with Crippen LogP contribution in [0.1, 0.15) is 25.7 Å².